The highest BCUT2D eigenvalue weighted by molar-refractivity contribution is 5.48. The molecule has 0 N–H and O–H groups in total. The Bertz CT molecular complexity index is 264. The van der Waals surface area contributed by atoms with Crippen molar-refractivity contribution >= 4 is 12.9 Å². The van der Waals surface area contributed by atoms with Crippen LogP contribution in [0.1, 0.15) is 12.8 Å². The van der Waals surface area contributed by atoms with Gasteiger partial charge >= 0.3 is 0 Å². The third kappa shape index (κ3) is 0.577. The summed E-state index contributed by atoms with van der Waals surface area (Å²) in [4.78, 5) is 20.5. The van der Waals surface area contributed by atoms with E-state index in [1.165, 1.54) is 0 Å². The molecule has 0 aliphatic heterocycles. The molecule has 3 aliphatic rings. The van der Waals surface area contributed by atoms with E-state index in [0.717, 1.165) is 12.8 Å². The molecule has 0 aromatic carbocycles. The van der Waals surface area contributed by atoms with Gasteiger partial charge in [0.1, 0.15) is 6.10 Å². The number of hydrogen-bond acceptors (Lipinski definition) is 4. The summed E-state index contributed by atoms with van der Waals surface area (Å²) in [6.45, 7) is 0.945. The van der Waals surface area contributed by atoms with E-state index < -0.39 is 5.60 Å². The Hall–Kier alpha value is -1.06. The molecule has 3 rings (SSSR count). The summed E-state index contributed by atoms with van der Waals surface area (Å²) in [6, 6.07) is 0. The molecule has 4 heteroatoms. The Morgan fingerprint density at radius 1 is 1.23 bits per heavy atom. The van der Waals surface area contributed by atoms with E-state index in [4.69, 9.17) is 9.47 Å². The van der Waals surface area contributed by atoms with Crippen LogP contribution in [-0.2, 0) is 19.1 Å². The Balaban J connectivity index is 1.82. The Labute approximate surface area is 75.2 Å². The highest BCUT2D eigenvalue weighted by Gasteiger charge is 2.87. The smallest absolute Gasteiger partial charge is 0.293 e. The van der Waals surface area contributed by atoms with Crippen molar-refractivity contribution in [3.8, 4) is 0 Å². The number of ether oxygens (including phenoxy) is 2. The maximum Gasteiger partial charge on any atom is 0.293 e. The first-order chi connectivity index (χ1) is 6.36. The summed E-state index contributed by atoms with van der Waals surface area (Å²) in [5.74, 6) is 1.41. The largest absolute Gasteiger partial charge is 0.460 e. The van der Waals surface area contributed by atoms with Gasteiger partial charge in [0.2, 0.25) is 0 Å². The van der Waals surface area contributed by atoms with E-state index in [1.54, 1.807) is 0 Å². The molecule has 0 saturated heterocycles. The Morgan fingerprint density at radius 3 is 2.69 bits per heavy atom. The van der Waals surface area contributed by atoms with Crippen molar-refractivity contribution in [2.24, 2.45) is 17.8 Å². The maximum absolute atomic E-state index is 10.3. The molecule has 0 spiro atoms. The lowest BCUT2D eigenvalue weighted by atomic mass is 9.75. The standard InChI is InChI=1S/C9H10O4/c10-3-12-8-5-1-2-6-7(5)9(6,8)13-4-11/h3-8H,1-2H2/t5-,6+,7?,8+,9-/m1/s1. The second-order valence-electron chi connectivity index (χ2n) is 4.09. The van der Waals surface area contributed by atoms with Gasteiger partial charge in [0.05, 0.1) is 0 Å². The summed E-state index contributed by atoms with van der Waals surface area (Å²) < 4.78 is 10.0. The summed E-state index contributed by atoms with van der Waals surface area (Å²) in [5.41, 5.74) is -0.397. The van der Waals surface area contributed by atoms with Gasteiger partial charge in [-0.1, -0.05) is 0 Å². The first kappa shape index (κ1) is 7.35. The van der Waals surface area contributed by atoms with Crippen LogP contribution >= 0.6 is 0 Å². The van der Waals surface area contributed by atoms with Crippen LogP contribution in [0.3, 0.4) is 0 Å². The molecule has 3 aliphatic carbocycles. The zero-order valence-electron chi connectivity index (χ0n) is 7.01. The first-order valence-electron chi connectivity index (χ1n) is 4.57. The number of carbonyl (C=O) groups excluding carboxylic acids is 2. The van der Waals surface area contributed by atoms with Gasteiger partial charge in [-0.15, -0.1) is 0 Å². The molecule has 70 valence electrons. The Morgan fingerprint density at radius 2 is 2.08 bits per heavy atom. The number of carbonyl (C=O) groups is 2. The predicted octanol–water partition coefficient (Wildman–Crippen LogP) is 0.109. The molecule has 13 heavy (non-hydrogen) atoms. The zero-order valence-corrected chi connectivity index (χ0v) is 7.01. The van der Waals surface area contributed by atoms with E-state index in [9.17, 15) is 9.59 Å². The van der Waals surface area contributed by atoms with Gasteiger partial charge < -0.3 is 9.47 Å². The molecular weight excluding hydrogens is 172 g/mol. The molecule has 4 nitrogen and oxygen atoms in total. The highest BCUT2D eigenvalue weighted by atomic mass is 16.6. The average molecular weight is 182 g/mol. The van der Waals surface area contributed by atoms with Crippen LogP contribution in [0.5, 0.6) is 0 Å². The number of hydrogen-bond donors (Lipinski definition) is 0. The minimum absolute atomic E-state index is 0.154. The van der Waals surface area contributed by atoms with E-state index >= 15 is 0 Å². The van der Waals surface area contributed by atoms with Gasteiger partial charge in [0, 0.05) is 17.8 Å². The summed E-state index contributed by atoms with van der Waals surface area (Å²) >= 11 is 0. The van der Waals surface area contributed by atoms with Crippen LogP contribution < -0.4 is 0 Å². The third-order valence-corrected chi connectivity index (χ3v) is 3.99. The van der Waals surface area contributed by atoms with Crippen LogP contribution in [0.15, 0.2) is 0 Å². The minimum atomic E-state index is -0.397. The fourth-order valence-corrected chi connectivity index (χ4v) is 3.61. The van der Waals surface area contributed by atoms with Crippen LogP contribution in [-0.4, -0.2) is 24.6 Å². The number of rotatable bonds is 4. The summed E-state index contributed by atoms with van der Waals surface area (Å²) in [7, 11) is 0. The van der Waals surface area contributed by atoms with Crippen molar-refractivity contribution in [1.82, 2.24) is 0 Å². The summed E-state index contributed by atoms with van der Waals surface area (Å²) in [5, 5.41) is 0. The monoisotopic (exact) mass is 182 g/mol. The SMILES string of the molecule is O=CO[C@H]1[C@@H]2CC[C@H]3C2[C@]31OC=O. The molecule has 3 saturated carbocycles. The van der Waals surface area contributed by atoms with E-state index in [-0.39, 0.29) is 6.10 Å². The van der Waals surface area contributed by atoms with Crippen LogP contribution in [0, 0.1) is 17.8 Å². The molecule has 0 aromatic rings. The van der Waals surface area contributed by atoms with Crippen molar-refractivity contribution in [2.75, 3.05) is 0 Å². The van der Waals surface area contributed by atoms with E-state index in [2.05, 4.69) is 0 Å². The molecule has 0 bridgehead atoms. The van der Waals surface area contributed by atoms with Gasteiger partial charge in [-0.05, 0) is 12.8 Å². The quantitative estimate of drug-likeness (QED) is 0.579. The van der Waals surface area contributed by atoms with Gasteiger partial charge in [-0.3, -0.25) is 9.59 Å². The van der Waals surface area contributed by atoms with Gasteiger partial charge in [0.15, 0.2) is 5.60 Å². The molecule has 0 heterocycles. The second-order valence-corrected chi connectivity index (χ2v) is 4.09. The second kappa shape index (κ2) is 2.05. The van der Waals surface area contributed by atoms with Crippen molar-refractivity contribution in [3.05, 3.63) is 0 Å². The summed E-state index contributed by atoms with van der Waals surface area (Å²) in [6.07, 6.45) is 2.07. The van der Waals surface area contributed by atoms with E-state index in [0.29, 0.717) is 30.7 Å². The first-order valence-corrected chi connectivity index (χ1v) is 4.57. The molecule has 5 atom stereocenters. The normalized spacial score (nSPS) is 54.5. The highest BCUT2D eigenvalue weighted by Crippen LogP contribution is 2.77. The molecule has 3 fully saturated rings. The van der Waals surface area contributed by atoms with Crippen molar-refractivity contribution in [3.63, 3.8) is 0 Å². The topological polar surface area (TPSA) is 52.6 Å². The minimum Gasteiger partial charge on any atom is -0.460 e. The van der Waals surface area contributed by atoms with Gasteiger partial charge in [-0.2, -0.15) is 0 Å². The fraction of sp³-hybridized carbons (Fsp3) is 0.778. The fourth-order valence-electron chi connectivity index (χ4n) is 3.61. The van der Waals surface area contributed by atoms with Crippen molar-refractivity contribution in [1.29, 1.82) is 0 Å². The molecule has 0 amide bonds. The molecule has 1 unspecified atom stereocenters. The third-order valence-electron chi connectivity index (χ3n) is 3.99. The zero-order chi connectivity index (χ0) is 9.05. The van der Waals surface area contributed by atoms with Gasteiger partial charge in [0.25, 0.3) is 12.9 Å². The Kier molecular flexibility index (Phi) is 1.16. The predicted molar refractivity (Wildman–Crippen MR) is 40.5 cm³/mol. The lowest BCUT2D eigenvalue weighted by Crippen LogP contribution is -2.53. The van der Waals surface area contributed by atoms with Crippen LogP contribution in [0.25, 0.3) is 0 Å². The molecular formula is C9H10O4. The van der Waals surface area contributed by atoms with Gasteiger partial charge in [-0.25, -0.2) is 0 Å². The average Bonchev–Trinajstić information content (AvgIpc) is 2.52. The molecule has 0 radical (unpaired) electrons. The van der Waals surface area contributed by atoms with Crippen molar-refractivity contribution < 1.29 is 19.1 Å². The van der Waals surface area contributed by atoms with Crippen LogP contribution in [0.4, 0.5) is 0 Å². The lowest BCUT2D eigenvalue weighted by Gasteiger charge is -2.42. The van der Waals surface area contributed by atoms with E-state index in [1.807, 2.05) is 0 Å². The number of fused-ring (bicyclic) bond motifs is 1. The maximum atomic E-state index is 10.3. The molecule has 0 aromatic heterocycles. The van der Waals surface area contributed by atoms with Crippen LogP contribution in [0.2, 0.25) is 0 Å². The lowest BCUT2D eigenvalue weighted by molar-refractivity contribution is -0.187. The van der Waals surface area contributed by atoms with Crippen molar-refractivity contribution in [2.45, 2.75) is 24.5 Å².